The molecule has 1 aromatic heterocycles. The van der Waals surface area contributed by atoms with Crippen molar-refractivity contribution >= 4 is 38.6 Å². The summed E-state index contributed by atoms with van der Waals surface area (Å²) in [6, 6.07) is 6.83. The van der Waals surface area contributed by atoms with Crippen molar-refractivity contribution in [1.29, 1.82) is 0 Å². The molecule has 0 spiro atoms. The summed E-state index contributed by atoms with van der Waals surface area (Å²) in [6.07, 6.45) is -0.726. The minimum Gasteiger partial charge on any atom is -0.389 e. The lowest BCUT2D eigenvalue weighted by atomic mass is 10.1. The Morgan fingerprint density at radius 3 is 2.71 bits per heavy atom. The second-order valence-electron chi connectivity index (χ2n) is 4.77. The number of hydrogen-bond acceptors (Lipinski definition) is 5. The molecule has 0 aliphatic heterocycles. The van der Waals surface area contributed by atoms with Gasteiger partial charge in [-0.3, -0.25) is 10.1 Å². The highest BCUT2D eigenvalue weighted by atomic mass is 79.9. The number of nitro groups is 1. The topological polar surface area (TPSA) is 66.6 Å². The summed E-state index contributed by atoms with van der Waals surface area (Å²) in [6.45, 7) is 2.18. The highest BCUT2D eigenvalue weighted by molar-refractivity contribution is 9.10. The van der Waals surface area contributed by atoms with Crippen LogP contribution in [0.2, 0.25) is 0 Å². The van der Waals surface area contributed by atoms with E-state index in [-0.39, 0.29) is 5.69 Å². The summed E-state index contributed by atoms with van der Waals surface area (Å²) in [7, 11) is 1.82. The molecule has 7 heteroatoms. The maximum atomic E-state index is 11.2. The largest absolute Gasteiger partial charge is 0.389 e. The number of aliphatic hydroxyl groups excluding tert-OH is 1. The monoisotopic (exact) mass is 370 g/mol. The molecule has 5 nitrogen and oxygen atoms in total. The first-order valence-electron chi connectivity index (χ1n) is 6.29. The Bertz CT molecular complexity index is 657. The van der Waals surface area contributed by atoms with Crippen molar-refractivity contribution < 1.29 is 10.0 Å². The molecule has 1 heterocycles. The fourth-order valence-corrected chi connectivity index (χ4v) is 3.53. The van der Waals surface area contributed by atoms with Crippen molar-refractivity contribution in [3.63, 3.8) is 0 Å². The molecular formula is C14H15BrN2O3S. The van der Waals surface area contributed by atoms with Gasteiger partial charge in [0.25, 0.3) is 5.69 Å². The van der Waals surface area contributed by atoms with Crippen LogP contribution in [0.15, 0.2) is 34.1 Å². The van der Waals surface area contributed by atoms with Gasteiger partial charge < -0.3 is 10.0 Å². The molecule has 0 saturated heterocycles. The second-order valence-corrected chi connectivity index (χ2v) is 6.68. The Balaban J connectivity index is 2.31. The van der Waals surface area contributed by atoms with Gasteiger partial charge in [0.05, 0.1) is 17.6 Å². The summed E-state index contributed by atoms with van der Waals surface area (Å²) in [5.41, 5.74) is 1.08. The predicted molar refractivity (Wildman–Crippen MR) is 87.9 cm³/mol. The zero-order chi connectivity index (χ0) is 15.6. The maximum Gasteiger partial charge on any atom is 0.292 e. The van der Waals surface area contributed by atoms with Gasteiger partial charge in [-0.25, -0.2) is 0 Å². The van der Waals surface area contributed by atoms with Gasteiger partial charge in [-0.1, -0.05) is 6.07 Å². The number of thiophene rings is 1. The van der Waals surface area contributed by atoms with E-state index < -0.39 is 11.0 Å². The van der Waals surface area contributed by atoms with E-state index in [0.717, 1.165) is 9.35 Å². The van der Waals surface area contributed by atoms with Crippen LogP contribution < -0.4 is 4.90 Å². The minimum absolute atomic E-state index is 0.00604. The fourth-order valence-electron chi connectivity index (χ4n) is 2.02. The third-order valence-corrected chi connectivity index (χ3v) is 4.79. The minimum atomic E-state index is -0.726. The molecule has 1 aromatic carbocycles. The van der Waals surface area contributed by atoms with E-state index in [1.165, 1.54) is 6.07 Å². The van der Waals surface area contributed by atoms with E-state index in [2.05, 4.69) is 15.9 Å². The molecule has 0 amide bonds. The third-order valence-electron chi connectivity index (χ3n) is 3.10. The molecule has 112 valence electrons. The first kappa shape index (κ1) is 15.9. The average Bonchev–Trinajstić information content (AvgIpc) is 2.83. The van der Waals surface area contributed by atoms with E-state index >= 15 is 0 Å². The van der Waals surface area contributed by atoms with Crippen molar-refractivity contribution in [2.45, 2.75) is 19.6 Å². The first-order chi connectivity index (χ1) is 9.88. The van der Waals surface area contributed by atoms with Gasteiger partial charge >= 0.3 is 0 Å². The molecule has 0 aliphatic rings. The van der Waals surface area contributed by atoms with Crippen LogP contribution in [0.4, 0.5) is 11.4 Å². The Labute approximate surface area is 135 Å². The lowest BCUT2D eigenvalue weighted by Gasteiger charge is -2.19. The zero-order valence-electron chi connectivity index (χ0n) is 11.6. The maximum absolute atomic E-state index is 11.2. The van der Waals surface area contributed by atoms with Gasteiger partial charge in [0.15, 0.2) is 0 Å². The molecule has 21 heavy (non-hydrogen) atoms. The zero-order valence-corrected chi connectivity index (χ0v) is 14.0. The smallest absolute Gasteiger partial charge is 0.292 e. The Kier molecular flexibility index (Phi) is 4.97. The van der Waals surface area contributed by atoms with E-state index in [9.17, 15) is 15.2 Å². The highest BCUT2D eigenvalue weighted by Gasteiger charge is 2.19. The Hall–Kier alpha value is -1.44. The summed E-state index contributed by atoms with van der Waals surface area (Å²) in [4.78, 5) is 13.8. The first-order valence-corrected chi connectivity index (χ1v) is 7.96. The number of halogens is 1. The van der Waals surface area contributed by atoms with Crippen LogP contribution in [0.3, 0.4) is 0 Å². The van der Waals surface area contributed by atoms with Crippen molar-refractivity contribution in [2.75, 3.05) is 11.9 Å². The molecule has 0 radical (unpaired) electrons. The Morgan fingerprint density at radius 2 is 2.19 bits per heavy atom. The van der Waals surface area contributed by atoms with Crippen molar-refractivity contribution in [3.05, 3.63) is 54.7 Å². The van der Waals surface area contributed by atoms with Crippen LogP contribution >= 0.6 is 27.3 Å². The van der Waals surface area contributed by atoms with Gasteiger partial charge in [-0.2, -0.15) is 0 Å². The standard InChI is InChI=1S/C14H15BrN2O3S/c1-9(18)10-3-4-13(14(5-10)17(19)20)16(2)7-12-6-11(15)8-21-12/h3-6,8-9,18H,7H2,1-2H3/t9-/m0/s1. The molecule has 0 unspecified atom stereocenters. The van der Waals surface area contributed by atoms with Crippen LogP contribution in [0, 0.1) is 10.1 Å². The summed E-state index contributed by atoms with van der Waals surface area (Å²) in [5.74, 6) is 0. The lowest BCUT2D eigenvalue weighted by molar-refractivity contribution is -0.384. The number of nitro benzene ring substituents is 1. The van der Waals surface area contributed by atoms with Gasteiger partial charge in [0.2, 0.25) is 0 Å². The van der Waals surface area contributed by atoms with Crippen LogP contribution in [-0.4, -0.2) is 17.1 Å². The van der Waals surface area contributed by atoms with Crippen LogP contribution in [-0.2, 0) is 6.54 Å². The quantitative estimate of drug-likeness (QED) is 0.635. The van der Waals surface area contributed by atoms with E-state index in [0.29, 0.717) is 17.8 Å². The lowest BCUT2D eigenvalue weighted by Crippen LogP contribution is -2.17. The molecule has 0 saturated carbocycles. The summed E-state index contributed by atoms with van der Waals surface area (Å²) in [5, 5.41) is 22.8. The molecule has 1 atom stereocenters. The molecule has 0 fully saturated rings. The Morgan fingerprint density at radius 1 is 1.48 bits per heavy atom. The van der Waals surface area contributed by atoms with Gasteiger partial charge in [0.1, 0.15) is 5.69 Å². The number of aliphatic hydroxyl groups is 1. The number of benzene rings is 1. The van der Waals surface area contributed by atoms with Crippen LogP contribution in [0.25, 0.3) is 0 Å². The molecule has 0 bridgehead atoms. The summed E-state index contributed by atoms with van der Waals surface area (Å²) >= 11 is 4.99. The van der Waals surface area contributed by atoms with Gasteiger partial charge in [-0.05, 0) is 40.5 Å². The molecular weight excluding hydrogens is 356 g/mol. The number of nitrogens with zero attached hydrogens (tertiary/aromatic N) is 2. The fraction of sp³-hybridized carbons (Fsp3) is 0.286. The molecule has 0 aliphatic carbocycles. The normalized spacial score (nSPS) is 12.2. The van der Waals surface area contributed by atoms with Crippen LogP contribution in [0.5, 0.6) is 0 Å². The number of rotatable bonds is 5. The predicted octanol–water partition coefficient (Wildman–Crippen LogP) is 4.11. The number of anilines is 1. The van der Waals surface area contributed by atoms with Gasteiger partial charge in [0, 0.05) is 27.8 Å². The van der Waals surface area contributed by atoms with Crippen LogP contribution in [0.1, 0.15) is 23.5 Å². The second kappa shape index (κ2) is 6.55. The van der Waals surface area contributed by atoms with Gasteiger partial charge in [-0.15, -0.1) is 11.3 Å². The highest BCUT2D eigenvalue weighted by Crippen LogP contribution is 2.32. The van der Waals surface area contributed by atoms with Crippen molar-refractivity contribution in [1.82, 2.24) is 0 Å². The molecule has 2 aromatic rings. The SMILES string of the molecule is C[C@H](O)c1ccc(N(C)Cc2cc(Br)cs2)c([N+](=O)[O-])c1. The molecule has 2 rings (SSSR count). The molecule has 1 N–H and O–H groups in total. The third kappa shape index (κ3) is 3.81. The van der Waals surface area contributed by atoms with E-state index in [4.69, 9.17) is 0 Å². The average molecular weight is 371 g/mol. The number of hydrogen-bond donors (Lipinski definition) is 1. The van der Waals surface area contributed by atoms with E-state index in [1.54, 1.807) is 30.4 Å². The van der Waals surface area contributed by atoms with Crippen molar-refractivity contribution in [3.8, 4) is 0 Å². The van der Waals surface area contributed by atoms with E-state index in [1.807, 2.05) is 23.4 Å². The van der Waals surface area contributed by atoms with Crippen molar-refractivity contribution in [2.24, 2.45) is 0 Å². The summed E-state index contributed by atoms with van der Waals surface area (Å²) < 4.78 is 1.01.